The van der Waals surface area contributed by atoms with E-state index in [-0.39, 0.29) is 25.4 Å². The van der Waals surface area contributed by atoms with Crippen molar-refractivity contribution in [2.24, 2.45) is 5.16 Å². The lowest BCUT2D eigenvalue weighted by Crippen LogP contribution is -2.36. The molecule has 0 spiro atoms. The molecule has 34 heavy (non-hydrogen) atoms. The molecule has 1 fully saturated rings. The minimum absolute atomic E-state index is 0.119. The van der Waals surface area contributed by atoms with E-state index in [1.807, 2.05) is 0 Å². The van der Waals surface area contributed by atoms with Crippen molar-refractivity contribution < 1.29 is 28.6 Å². The van der Waals surface area contributed by atoms with Gasteiger partial charge >= 0.3 is 6.09 Å². The lowest BCUT2D eigenvalue weighted by atomic mass is 9.99. The zero-order valence-electron chi connectivity index (χ0n) is 17.6. The number of benzene rings is 1. The molecule has 3 aromatic rings. The molecule has 1 N–H and O–H groups in total. The number of hydrogen-bond donors (Lipinski definition) is 1. The summed E-state index contributed by atoms with van der Waals surface area (Å²) in [7, 11) is 0. The van der Waals surface area contributed by atoms with E-state index >= 15 is 4.39 Å². The highest BCUT2D eigenvalue weighted by Gasteiger charge is 2.48. The Morgan fingerprint density at radius 3 is 2.91 bits per heavy atom. The molecule has 0 saturated carbocycles. The number of oxime groups is 1. The summed E-state index contributed by atoms with van der Waals surface area (Å²) in [5.41, 5.74) is 3.61. The average molecular weight is 483 g/mol. The molecule has 1 amide bonds. The van der Waals surface area contributed by atoms with E-state index < -0.39 is 18.0 Å². The Hall–Kier alpha value is -3.64. The van der Waals surface area contributed by atoms with Crippen LogP contribution < -0.4 is 9.64 Å². The van der Waals surface area contributed by atoms with E-state index in [2.05, 4.69) is 18.9 Å². The van der Waals surface area contributed by atoms with Crippen molar-refractivity contribution in [1.82, 2.24) is 13.7 Å². The van der Waals surface area contributed by atoms with E-state index in [0.29, 0.717) is 46.9 Å². The van der Waals surface area contributed by atoms with Crippen LogP contribution in [-0.2, 0) is 16.0 Å². The molecule has 1 aromatic carbocycles. The predicted molar refractivity (Wildman–Crippen MR) is 118 cm³/mol. The smallest absolute Gasteiger partial charge is 0.415 e. The summed E-state index contributed by atoms with van der Waals surface area (Å²) in [4.78, 5) is 23.5. The number of cyclic esters (lactones) is 1. The van der Waals surface area contributed by atoms with Gasteiger partial charge in [0.25, 0.3) is 0 Å². The van der Waals surface area contributed by atoms with Crippen LogP contribution in [0.4, 0.5) is 14.9 Å². The number of ether oxygens (including phenoxy) is 2. The SMILES string of the molecule is O=C1O[C@@H](COc2cnsn2)[C@@H]2Cc3cc(-c4ccc(C5=NOC(CO)C5)nc4)c(F)cc3N12. The third-order valence-corrected chi connectivity index (χ3v) is 6.57. The second-order valence-corrected chi connectivity index (χ2v) is 8.72. The number of aliphatic hydroxyl groups excluding tert-OH is 1. The second-order valence-electron chi connectivity index (χ2n) is 8.17. The summed E-state index contributed by atoms with van der Waals surface area (Å²) in [6.07, 6.45) is 2.67. The first-order chi connectivity index (χ1) is 16.6. The standard InChI is InChI=1S/C22H18FN5O5S/c23-15-6-18-12(4-19-20(32-22(30)28(18)19)10-31-21-8-25-34-27-21)3-14(15)11-1-2-16(24-7-11)17-5-13(9-29)33-26-17/h1-3,6-8,13,19-20,29H,4-5,9-10H2/t13?,19-,20-/m0/s1. The fourth-order valence-electron chi connectivity index (χ4n) is 4.44. The van der Waals surface area contributed by atoms with E-state index in [1.54, 1.807) is 24.4 Å². The molecule has 6 rings (SSSR count). The summed E-state index contributed by atoms with van der Waals surface area (Å²) in [6, 6.07) is 6.36. The molecule has 174 valence electrons. The van der Waals surface area contributed by atoms with Crippen LogP contribution in [0.5, 0.6) is 5.88 Å². The minimum Gasteiger partial charge on any atom is -0.472 e. The van der Waals surface area contributed by atoms with Gasteiger partial charge in [-0.25, -0.2) is 9.18 Å². The molecule has 0 bridgehead atoms. The van der Waals surface area contributed by atoms with Crippen LogP contribution in [0.1, 0.15) is 17.7 Å². The Morgan fingerprint density at radius 1 is 1.26 bits per heavy atom. The quantitative estimate of drug-likeness (QED) is 0.568. The molecular weight excluding hydrogens is 465 g/mol. The number of halogens is 1. The van der Waals surface area contributed by atoms with E-state index in [4.69, 9.17) is 14.3 Å². The van der Waals surface area contributed by atoms with Crippen molar-refractivity contribution in [1.29, 1.82) is 0 Å². The van der Waals surface area contributed by atoms with Crippen LogP contribution in [0, 0.1) is 5.82 Å². The molecule has 5 heterocycles. The molecule has 10 nitrogen and oxygen atoms in total. The number of anilines is 1. The van der Waals surface area contributed by atoms with Crippen molar-refractivity contribution in [3.63, 3.8) is 0 Å². The normalized spacial score (nSPS) is 22.8. The van der Waals surface area contributed by atoms with Gasteiger partial charge in [0.1, 0.15) is 24.3 Å². The Kier molecular flexibility index (Phi) is 5.11. The highest BCUT2D eigenvalue weighted by atomic mass is 32.1. The Labute approximate surface area is 196 Å². The lowest BCUT2D eigenvalue weighted by molar-refractivity contribution is 0.0390. The van der Waals surface area contributed by atoms with Gasteiger partial charge < -0.3 is 19.4 Å². The number of aromatic nitrogens is 3. The van der Waals surface area contributed by atoms with Crippen molar-refractivity contribution in [2.45, 2.75) is 31.1 Å². The number of hydrogen-bond acceptors (Lipinski definition) is 10. The molecule has 1 saturated heterocycles. The van der Waals surface area contributed by atoms with E-state index in [1.165, 1.54) is 17.2 Å². The third kappa shape index (κ3) is 3.55. The van der Waals surface area contributed by atoms with E-state index in [9.17, 15) is 9.90 Å². The van der Waals surface area contributed by atoms with Crippen molar-refractivity contribution in [3.05, 3.63) is 53.7 Å². The van der Waals surface area contributed by atoms with Crippen LogP contribution in [0.15, 0.2) is 41.8 Å². The second kappa shape index (κ2) is 8.29. The Balaban J connectivity index is 1.22. The van der Waals surface area contributed by atoms with Gasteiger partial charge in [-0.15, -0.1) is 4.37 Å². The largest absolute Gasteiger partial charge is 0.472 e. The molecule has 12 heteroatoms. The zero-order chi connectivity index (χ0) is 23.2. The Morgan fingerprint density at radius 2 is 2.18 bits per heavy atom. The summed E-state index contributed by atoms with van der Waals surface area (Å²) in [5.74, 6) is -0.0850. The molecule has 3 aliphatic rings. The lowest BCUT2D eigenvalue weighted by Gasteiger charge is -2.16. The monoisotopic (exact) mass is 483 g/mol. The first-order valence-electron chi connectivity index (χ1n) is 10.6. The number of amides is 1. The van der Waals surface area contributed by atoms with Gasteiger partial charge in [-0.2, -0.15) is 4.37 Å². The van der Waals surface area contributed by atoms with Crippen molar-refractivity contribution in [2.75, 3.05) is 18.1 Å². The van der Waals surface area contributed by atoms with Crippen molar-refractivity contribution >= 4 is 29.2 Å². The van der Waals surface area contributed by atoms with Gasteiger partial charge in [-0.3, -0.25) is 9.88 Å². The topological polar surface area (TPSA) is 119 Å². The maximum Gasteiger partial charge on any atom is 0.415 e. The number of aliphatic hydroxyl groups is 1. The van der Waals surface area contributed by atoms with Crippen LogP contribution in [0.25, 0.3) is 11.1 Å². The number of carbonyl (C=O) groups excluding carboxylic acids is 1. The first kappa shape index (κ1) is 20.9. The highest BCUT2D eigenvalue weighted by molar-refractivity contribution is 6.99. The van der Waals surface area contributed by atoms with Gasteiger partial charge in [0.05, 0.1) is 35.8 Å². The molecule has 3 aliphatic heterocycles. The fourth-order valence-corrected chi connectivity index (χ4v) is 4.81. The number of pyridine rings is 1. The number of carbonyl (C=O) groups is 1. The van der Waals surface area contributed by atoms with Gasteiger partial charge in [0.15, 0.2) is 12.2 Å². The first-order valence-corrected chi connectivity index (χ1v) is 11.4. The van der Waals surface area contributed by atoms with Crippen LogP contribution in [-0.4, -0.2) is 62.1 Å². The zero-order valence-corrected chi connectivity index (χ0v) is 18.4. The van der Waals surface area contributed by atoms with Gasteiger partial charge in [0, 0.05) is 23.7 Å². The fraction of sp³-hybridized carbons (Fsp3) is 0.318. The van der Waals surface area contributed by atoms with Crippen LogP contribution >= 0.6 is 11.7 Å². The predicted octanol–water partition coefficient (Wildman–Crippen LogP) is 2.55. The summed E-state index contributed by atoms with van der Waals surface area (Å²) in [5, 5.41) is 13.1. The summed E-state index contributed by atoms with van der Waals surface area (Å²) >= 11 is 1.03. The minimum atomic E-state index is -0.521. The third-order valence-electron chi connectivity index (χ3n) is 6.11. The Bertz CT molecular complexity index is 1270. The van der Waals surface area contributed by atoms with Crippen LogP contribution in [0.2, 0.25) is 0 Å². The van der Waals surface area contributed by atoms with Gasteiger partial charge in [-0.1, -0.05) is 11.2 Å². The molecule has 0 radical (unpaired) electrons. The average Bonchev–Trinajstić information content (AvgIpc) is 3.64. The van der Waals surface area contributed by atoms with Gasteiger partial charge in [0.2, 0.25) is 5.88 Å². The maximum atomic E-state index is 15.1. The number of rotatable bonds is 6. The molecule has 0 aliphatic carbocycles. The molecule has 2 aromatic heterocycles. The number of fused-ring (bicyclic) bond motifs is 3. The summed E-state index contributed by atoms with van der Waals surface area (Å²) < 4.78 is 34.1. The van der Waals surface area contributed by atoms with Crippen LogP contribution in [0.3, 0.4) is 0 Å². The van der Waals surface area contributed by atoms with E-state index in [0.717, 1.165) is 17.3 Å². The molecule has 3 atom stereocenters. The highest BCUT2D eigenvalue weighted by Crippen LogP contribution is 2.41. The summed E-state index contributed by atoms with van der Waals surface area (Å²) in [6.45, 7) is 0.0177. The molecular formula is C22H18FN5O5S. The van der Waals surface area contributed by atoms with Gasteiger partial charge in [-0.05, 0) is 30.2 Å². The number of nitrogens with zero attached hydrogens (tertiary/aromatic N) is 5. The molecule has 1 unspecified atom stereocenters. The van der Waals surface area contributed by atoms with Crippen molar-refractivity contribution in [3.8, 4) is 17.0 Å². The maximum absolute atomic E-state index is 15.1.